The third kappa shape index (κ3) is 3.62. The number of rotatable bonds is 3. The molecule has 17 heavy (non-hydrogen) atoms. The number of hydrogen-bond acceptors (Lipinski definition) is 2. The molecule has 2 aromatic rings. The maximum Gasteiger partial charge on any atom is 0.0641 e. The largest absolute Gasteiger partial charge is 0.256 e. The van der Waals surface area contributed by atoms with Crippen LogP contribution in [0, 0.1) is 0 Å². The van der Waals surface area contributed by atoms with Crippen molar-refractivity contribution in [3.05, 3.63) is 59.1 Å². The van der Waals surface area contributed by atoms with Gasteiger partial charge in [0.25, 0.3) is 0 Å². The van der Waals surface area contributed by atoms with Crippen molar-refractivity contribution in [3.63, 3.8) is 0 Å². The van der Waals surface area contributed by atoms with Gasteiger partial charge in [-0.1, -0.05) is 29.8 Å². The molecule has 2 aromatic carbocycles. The van der Waals surface area contributed by atoms with Gasteiger partial charge in [0.1, 0.15) is 0 Å². The Kier molecular flexibility index (Phi) is 4.24. The minimum atomic E-state index is 0.742. The Hall–Kier alpha value is -1.25. The summed E-state index contributed by atoms with van der Waals surface area (Å²) < 4.78 is 0. The van der Waals surface area contributed by atoms with E-state index in [4.69, 9.17) is 11.6 Å². The zero-order valence-electron chi connectivity index (χ0n) is 9.43. The Morgan fingerprint density at radius 3 is 2.59 bits per heavy atom. The van der Waals surface area contributed by atoms with Crippen LogP contribution in [0.15, 0.2) is 58.4 Å². The summed E-state index contributed by atoms with van der Waals surface area (Å²) in [6.45, 7) is 0. The highest BCUT2D eigenvalue weighted by Gasteiger charge is 1.92. The molecule has 0 heterocycles. The second kappa shape index (κ2) is 5.89. The maximum absolute atomic E-state index is 5.82. The molecule has 0 amide bonds. The molecule has 0 N–H and O–H groups in total. The molecule has 0 spiro atoms. The summed E-state index contributed by atoms with van der Waals surface area (Å²) in [5.74, 6) is 0. The fourth-order valence-corrected chi connectivity index (χ4v) is 1.97. The van der Waals surface area contributed by atoms with E-state index in [2.05, 4.69) is 23.4 Å². The Morgan fingerprint density at radius 1 is 1.12 bits per heavy atom. The lowest BCUT2D eigenvalue weighted by atomic mass is 10.2. The van der Waals surface area contributed by atoms with E-state index in [9.17, 15) is 0 Å². The van der Waals surface area contributed by atoms with Crippen LogP contribution in [0.25, 0.3) is 0 Å². The van der Waals surface area contributed by atoms with Crippen LogP contribution in [0.4, 0.5) is 5.69 Å². The van der Waals surface area contributed by atoms with Crippen LogP contribution in [0.3, 0.4) is 0 Å². The molecular weight excluding hydrogens is 250 g/mol. The number of nitrogens with zero attached hydrogens (tertiary/aromatic N) is 1. The van der Waals surface area contributed by atoms with Gasteiger partial charge in [-0.25, -0.2) is 0 Å². The van der Waals surface area contributed by atoms with Gasteiger partial charge < -0.3 is 0 Å². The van der Waals surface area contributed by atoms with Gasteiger partial charge in [0.05, 0.1) is 5.69 Å². The van der Waals surface area contributed by atoms with Crippen LogP contribution in [0.2, 0.25) is 5.02 Å². The summed E-state index contributed by atoms with van der Waals surface area (Å²) in [4.78, 5) is 5.65. The molecule has 86 valence electrons. The zero-order valence-corrected chi connectivity index (χ0v) is 11.0. The third-order valence-electron chi connectivity index (χ3n) is 2.29. The van der Waals surface area contributed by atoms with E-state index in [0.29, 0.717) is 0 Å². The molecule has 0 fully saturated rings. The molecule has 0 aromatic heterocycles. The SMILES string of the molecule is CSc1cccc(N=Cc2ccc(Cl)cc2)c1. The standard InChI is InChI=1S/C14H12ClNS/c1-17-14-4-2-3-13(9-14)16-10-11-5-7-12(15)8-6-11/h2-10H,1H3. The van der Waals surface area contributed by atoms with E-state index < -0.39 is 0 Å². The minimum absolute atomic E-state index is 0.742. The van der Waals surface area contributed by atoms with Crippen molar-refractivity contribution in [2.24, 2.45) is 4.99 Å². The topological polar surface area (TPSA) is 12.4 Å². The van der Waals surface area contributed by atoms with Gasteiger partial charge in [-0.2, -0.15) is 0 Å². The summed E-state index contributed by atoms with van der Waals surface area (Å²) in [5, 5.41) is 0.742. The predicted octanol–water partition coefficient (Wildman–Crippen LogP) is 4.81. The first-order chi connectivity index (χ1) is 8.28. The number of aliphatic imine (C=N–C) groups is 1. The van der Waals surface area contributed by atoms with E-state index in [1.807, 2.05) is 42.6 Å². The van der Waals surface area contributed by atoms with Crippen molar-refractivity contribution in [2.75, 3.05) is 6.26 Å². The first kappa shape index (κ1) is 12.2. The van der Waals surface area contributed by atoms with Gasteiger partial charge >= 0.3 is 0 Å². The van der Waals surface area contributed by atoms with Crippen molar-refractivity contribution in [2.45, 2.75) is 4.90 Å². The molecule has 3 heteroatoms. The summed E-state index contributed by atoms with van der Waals surface area (Å²) in [7, 11) is 0. The normalized spacial score (nSPS) is 10.9. The number of hydrogen-bond donors (Lipinski definition) is 0. The molecular formula is C14H12ClNS. The lowest BCUT2D eigenvalue weighted by Crippen LogP contribution is -1.79. The van der Waals surface area contributed by atoms with Crippen LogP contribution >= 0.6 is 23.4 Å². The van der Waals surface area contributed by atoms with Crippen molar-refractivity contribution < 1.29 is 0 Å². The molecule has 0 bridgehead atoms. The van der Waals surface area contributed by atoms with Crippen LogP contribution < -0.4 is 0 Å². The van der Waals surface area contributed by atoms with Crippen molar-refractivity contribution in [3.8, 4) is 0 Å². The zero-order chi connectivity index (χ0) is 12.1. The van der Waals surface area contributed by atoms with Crippen LogP contribution in [-0.4, -0.2) is 12.5 Å². The van der Waals surface area contributed by atoms with E-state index in [-0.39, 0.29) is 0 Å². The van der Waals surface area contributed by atoms with E-state index in [0.717, 1.165) is 16.3 Å². The van der Waals surface area contributed by atoms with Gasteiger partial charge in [0.15, 0.2) is 0 Å². The molecule has 0 aliphatic carbocycles. The second-order valence-electron chi connectivity index (χ2n) is 3.51. The van der Waals surface area contributed by atoms with Crippen molar-refractivity contribution in [1.82, 2.24) is 0 Å². The fraction of sp³-hybridized carbons (Fsp3) is 0.0714. The molecule has 0 radical (unpaired) electrons. The number of thioether (sulfide) groups is 1. The van der Waals surface area contributed by atoms with Gasteiger partial charge in [-0.3, -0.25) is 4.99 Å². The Morgan fingerprint density at radius 2 is 1.88 bits per heavy atom. The summed E-state index contributed by atoms with van der Waals surface area (Å²) in [6, 6.07) is 15.8. The quantitative estimate of drug-likeness (QED) is 0.570. The lowest BCUT2D eigenvalue weighted by molar-refractivity contribution is 1.42. The van der Waals surface area contributed by atoms with Gasteiger partial charge in [-0.05, 0) is 42.2 Å². The van der Waals surface area contributed by atoms with E-state index in [1.54, 1.807) is 11.8 Å². The van der Waals surface area contributed by atoms with Crippen molar-refractivity contribution in [1.29, 1.82) is 0 Å². The van der Waals surface area contributed by atoms with Crippen molar-refractivity contribution >= 4 is 35.3 Å². The molecule has 2 rings (SSSR count). The molecule has 0 aliphatic rings. The fourth-order valence-electron chi connectivity index (χ4n) is 1.39. The lowest BCUT2D eigenvalue weighted by Gasteiger charge is -1.98. The summed E-state index contributed by atoms with van der Waals surface area (Å²) in [5.41, 5.74) is 2.01. The van der Waals surface area contributed by atoms with Gasteiger partial charge in [0.2, 0.25) is 0 Å². The molecule has 1 nitrogen and oxygen atoms in total. The minimum Gasteiger partial charge on any atom is -0.256 e. The smallest absolute Gasteiger partial charge is 0.0641 e. The highest BCUT2D eigenvalue weighted by atomic mass is 35.5. The Bertz CT molecular complexity index is 520. The maximum atomic E-state index is 5.82. The summed E-state index contributed by atoms with van der Waals surface area (Å²) >= 11 is 7.54. The van der Waals surface area contributed by atoms with Crippen LogP contribution in [0.1, 0.15) is 5.56 Å². The molecule has 0 saturated heterocycles. The van der Waals surface area contributed by atoms with E-state index in [1.165, 1.54) is 4.90 Å². The second-order valence-corrected chi connectivity index (χ2v) is 4.83. The average molecular weight is 262 g/mol. The number of halogens is 1. The van der Waals surface area contributed by atoms with Gasteiger partial charge in [0, 0.05) is 16.1 Å². The first-order valence-corrected chi connectivity index (χ1v) is 6.82. The monoisotopic (exact) mass is 261 g/mol. The predicted molar refractivity (Wildman–Crippen MR) is 76.9 cm³/mol. The number of benzene rings is 2. The Labute approximate surface area is 111 Å². The first-order valence-electron chi connectivity index (χ1n) is 5.21. The molecule has 0 aliphatic heterocycles. The molecule has 0 saturated carbocycles. The van der Waals surface area contributed by atoms with E-state index >= 15 is 0 Å². The highest BCUT2D eigenvalue weighted by molar-refractivity contribution is 7.98. The summed E-state index contributed by atoms with van der Waals surface area (Å²) in [6.07, 6.45) is 3.90. The average Bonchev–Trinajstić information content (AvgIpc) is 2.38. The third-order valence-corrected chi connectivity index (χ3v) is 3.26. The highest BCUT2D eigenvalue weighted by Crippen LogP contribution is 2.21. The molecule has 0 atom stereocenters. The van der Waals surface area contributed by atoms with Crippen LogP contribution in [0.5, 0.6) is 0 Å². The molecule has 0 unspecified atom stereocenters. The van der Waals surface area contributed by atoms with Crippen LogP contribution in [-0.2, 0) is 0 Å². The van der Waals surface area contributed by atoms with Gasteiger partial charge in [-0.15, -0.1) is 11.8 Å². The Balaban J connectivity index is 2.16.